The van der Waals surface area contributed by atoms with Crippen LogP contribution in [0.2, 0.25) is 0 Å². The minimum absolute atomic E-state index is 0.847. The molecule has 2 heteroatoms. The van der Waals surface area contributed by atoms with Gasteiger partial charge in [-0.05, 0) is 12.0 Å². The number of hydrogen-bond donors (Lipinski definition) is 0. The van der Waals surface area contributed by atoms with Gasteiger partial charge < -0.3 is 6.92 Å². The van der Waals surface area contributed by atoms with E-state index in [1.807, 2.05) is 6.07 Å². The van der Waals surface area contributed by atoms with Gasteiger partial charge in [-0.25, -0.2) is 0 Å². The Bertz CT molecular complexity index is 174. The van der Waals surface area contributed by atoms with E-state index in [1.165, 1.54) is 18.4 Å². The minimum atomic E-state index is 0.847. The first-order valence-electron chi connectivity index (χ1n) is 4.03. The van der Waals surface area contributed by atoms with Gasteiger partial charge in [0.2, 0.25) is 0 Å². The Morgan fingerprint density at radius 3 is 2.25 bits per heavy atom. The van der Waals surface area contributed by atoms with E-state index in [0.29, 0.717) is 0 Å². The second-order valence-corrected chi connectivity index (χ2v) is 2.44. The molecule has 1 aromatic carbocycles. The molecule has 0 bridgehead atoms. The van der Waals surface area contributed by atoms with Gasteiger partial charge in [0.1, 0.15) is 0 Å². The second-order valence-electron chi connectivity index (χ2n) is 2.44. The quantitative estimate of drug-likeness (QED) is 0.554. The number of unbranched alkanes of at least 4 members (excludes halogenated alkanes) is 1. The first kappa shape index (κ1) is 12.1. The van der Waals surface area contributed by atoms with Crippen LogP contribution in [0.3, 0.4) is 0 Å². The maximum atomic E-state index is 4.76. The van der Waals surface area contributed by atoms with Crippen LogP contribution in [0.4, 0.5) is 0 Å². The van der Waals surface area contributed by atoms with Crippen molar-refractivity contribution in [1.82, 2.24) is 0 Å². The van der Waals surface area contributed by atoms with E-state index in [0.717, 1.165) is 23.7 Å². The predicted molar refractivity (Wildman–Crippen MR) is 50.6 cm³/mol. The van der Waals surface area contributed by atoms with Crippen molar-refractivity contribution in [2.75, 3.05) is 0 Å². The van der Waals surface area contributed by atoms with Gasteiger partial charge in [-0.3, -0.25) is 0 Å². The van der Waals surface area contributed by atoms with E-state index < -0.39 is 0 Å². The van der Waals surface area contributed by atoms with Crippen molar-refractivity contribution in [3.63, 3.8) is 0 Å². The zero-order valence-electron chi connectivity index (χ0n) is 7.30. The van der Waals surface area contributed by atoms with Crippen molar-refractivity contribution in [2.24, 2.45) is 0 Å². The summed E-state index contributed by atoms with van der Waals surface area (Å²) in [6.07, 6.45) is 3.41. The monoisotopic (exact) mass is 232 g/mol. The molecule has 12 heavy (non-hydrogen) atoms. The van der Waals surface area contributed by atoms with Gasteiger partial charge in [0.15, 0.2) is 0 Å². The van der Waals surface area contributed by atoms with Crippen LogP contribution in [0, 0.1) is 6.92 Å². The van der Waals surface area contributed by atoms with Gasteiger partial charge in [-0.15, -0.1) is 0 Å². The third-order valence-corrected chi connectivity index (χ3v) is 1.56. The molecule has 0 nitrogen and oxygen atoms in total. The van der Waals surface area contributed by atoms with Crippen LogP contribution in [0.5, 0.6) is 0 Å². The first-order chi connectivity index (χ1) is 5.93. The van der Waals surface area contributed by atoms with E-state index in [4.69, 9.17) is 9.69 Å². The summed E-state index contributed by atoms with van der Waals surface area (Å²) in [5, 5.41) is 0. The molecule has 0 saturated carbocycles. The summed E-state index contributed by atoms with van der Waals surface area (Å²) in [6, 6.07) is 10.5. The molecule has 0 fully saturated rings. The summed E-state index contributed by atoms with van der Waals surface area (Å²) in [6.45, 7) is 3.80. The second kappa shape index (κ2) is 9.22. The molecule has 0 aliphatic rings. The van der Waals surface area contributed by atoms with Crippen molar-refractivity contribution < 1.29 is 17.3 Å². The van der Waals surface area contributed by atoms with Crippen LogP contribution in [0.15, 0.2) is 30.3 Å². The summed E-state index contributed by atoms with van der Waals surface area (Å²) in [7, 11) is 4.76. The molecule has 1 rings (SSSR count). The van der Waals surface area contributed by atoms with Gasteiger partial charge >= 0.3 is 27.0 Å². The summed E-state index contributed by atoms with van der Waals surface area (Å²) in [5.74, 6) is 0. The van der Waals surface area contributed by atoms with Crippen molar-refractivity contribution in [3.8, 4) is 0 Å². The van der Waals surface area contributed by atoms with Crippen LogP contribution in [0.25, 0.3) is 0 Å². The van der Waals surface area contributed by atoms with Gasteiger partial charge in [0, 0.05) is 0 Å². The normalized spacial score (nSPS) is 8.67. The van der Waals surface area contributed by atoms with Crippen LogP contribution in [-0.2, 0) is 23.7 Å². The Morgan fingerprint density at radius 2 is 1.75 bits per heavy atom. The summed E-state index contributed by atoms with van der Waals surface area (Å²) in [5.41, 5.74) is 1.42. The third-order valence-electron chi connectivity index (χ3n) is 1.56. The average Bonchev–Trinajstić information content (AvgIpc) is 2.19. The van der Waals surface area contributed by atoms with Crippen LogP contribution in [0.1, 0.15) is 18.4 Å². The first-order valence-corrected chi connectivity index (χ1v) is 7.93. The number of rotatable bonds is 3. The van der Waals surface area contributed by atoms with E-state index >= 15 is 0 Å². The van der Waals surface area contributed by atoms with Gasteiger partial charge in [0.25, 0.3) is 0 Å². The molecule has 0 amide bonds. The Hall–Kier alpha value is 0.133. The van der Waals surface area contributed by atoms with Crippen molar-refractivity contribution >= 4 is 9.69 Å². The molecule has 0 saturated heterocycles. The standard InChI is InChI=1S/C10H13.ClH.Zn/c1-2-3-7-10-8-5-4-6-9-10;;/h4-6,8-9H,1-3,7H2;1H;/q-1;;+2/p-1. The Morgan fingerprint density at radius 1 is 1.17 bits per heavy atom. The molecular formula is C10H13ClZn. The number of benzene rings is 1. The van der Waals surface area contributed by atoms with E-state index in [2.05, 4.69) is 31.2 Å². The Balaban J connectivity index is 0.000000561. The molecule has 0 aliphatic carbocycles. The fraction of sp³-hybridized carbons (Fsp3) is 0.300. The van der Waals surface area contributed by atoms with Crippen molar-refractivity contribution in [1.29, 1.82) is 0 Å². The molecule has 0 atom stereocenters. The fourth-order valence-electron chi connectivity index (χ4n) is 0.974. The SMILES string of the molecule is [CH2-]CCCc1ccccc1.[Cl][Zn+]. The molecule has 0 N–H and O–H groups in total. The molecular weight excluding hydrogens is 221 g/mol. The molecule has 0 aliphatic heterocycles. The predicted octanol–water partition coefficient (Wildman–Crippen LogP) is 3.53. The van der Waals surface area contributed by atoms with Crippen molar-refractivity contribution in [2.45, 2.75) is 19.3 Å². The molecule has 0 aromatic heterocycles. The van der Waals surface area contributed by atoms with Gasteiger partial charge in [-0.2, -0.15) is 6.42 Å². The summed E-state index contributed by atoms with van der Waals surface area (Å²) in [4.78, 5) is 0. The number of aryl methyl sites for hydroxylation is 1. The molecule has 62 valence electrons. The zero-order chi connectivity index (χ0) is 9.23. The zero-order valence-corrected chi connectivity index (χ0v) is 11.0. The van der Waals surface area contributed by atoms with Crippen LogP contribution < -0.4 is 0 Å². The Labute approximate surface area is 89.0 Å². The van der Waals surface area contributed by atoms with Crippen molar-refractivity contribution in [3.05, 3.63) is 42.8 Å². The molecule has 0 heterocycles. The maximum absolute atomic E-state index is 4.76. The van der Waals surface area contributed by atoms with Crippen LogP contribution >= 0.6 is 9.69 Å². The van der Waals surface area contributed by atoms with E-state index in [9.17, 15) is 0 Å². The third kappa shape index (κ3) is 5.74. The number of hydrogen-bond acceptors (Lipinski definition) is 0. The topological polar surface area (TPSA) is 0 Å². The van der Waals surface area contributed by atoms with Gasteiger partial charge in [0.05, 0.1) is 0 Å². The summed E-state index contributed by atoms with van der Waals surface area (Å²) >= 11 is 0.847. The number of halogens is 1. The van der Waals surface area contributed by atoms with Gasteiger partial charge in [-0.1, -0.05) is 36.8 Å². The summed E-state index contributed by atoms with van der Waals surface area (Å²) < 4.78 is 0. The van der Waals surface area contributed by atoms with Crippen LogP contribution in [-0.4, -0.2) is 0 Å². The Kier molecular flexibility index (Phi) is 9.33. The molecule has 0 unspecified atom stereocenters. The van der Waals surface area contributed by atoms with E-state index in [1.54, 1.807) is 0 Å². The fourth-order valence-corrected chi connectivity index (χ4v) is 0.974. The molecule has 1 aromatic rings. The average molecular weight is 234 g/mol. The molecule has 0 spiro atoms. The van der Waals surface area contributed by atoms with E-state index in [-0.39, 0.29) is 0 Å². The molecule has 0 radical (unpaired) electrons.